The van der Waals surface area contributed by atoms with Crippen LogP contribution in [-0.2, 0) is 4.74 Å². The van der Waals surface area contributed by atoms with E-state index in [9.17, 15) is 4.79 Å². The highest BCUT2D eigenvalue weighted by Crippen LogP contribution is 1.82. The summed E-state index contributed by atoms with van der Waals surface area (Å²) >= 11 is 0. The lowest BCUT2D eigenvalue weighted by atomic mass is 10.5. The molecule has 11 heavy (non-hydrogen) atoms. The van der Waals surface area contributed by atoms with Crippen LogP contribution in [0, 0.1) is 0 Å². The molecule has 0 aromatic heterocycles. The number of ether oxygens (including phenoxy) is 1. The molecule has 1 N–H and O–H groups in total. The topological polar surface area (TPSA) is 41.6 Å². The van der Waals surface area contributed by atoms with Crippen LogP contribution in [-0.4, -0.2) is 37.9 Å². The number of methoxy groups -OCH3 is 1. The molecule has 4 heteroatoms. The number of carbonyl (C=O) groups is 1. The van der Waals surface area contributed by atoms with E-state index in [1.54, 1.807) is 0 Å². The molecular weight excluding hydrogens is 144 g/mol. The number of alkyl carbamates (subject to hydrolysis) is 1. The van der Waals surface area contributed by atoms with Crippen molar-refractivity contribution in [3.63, 3.8) is 0 Å². The fourth-order valence-corrected chi connectivity index (χ4v) is 0.696. The van der Waals surface area contributed by atoms with Crippen LogP contribution in [0.15, 0.2) is 0 Å². The molecule has 0 fully saturated rings. The van der Waals surface area contributed by atoms with Gasteiger partial charge in [-0.15, -0.1) is 0 Å². The number of nitrogens with zero attached hydrogens (tertiary/aromatic N) is 1. The molecule has 0 heterocycles. The third-order valence-corrected chi connectivity index (χ3v) is 1.53. The van der Waals surface area contributed by atoms with Gasteiger partial charge in [-0.2, -0.15) is 0 Å². The molecular formula is C7H16N2O2. The summed E-state index contributed by atoms with van der Waals surface area (Å²) in [5, 5.41) is 2.60. The van der Waals surface area contributed by atoms with Crippen molar-refractivity contribution in [2.75, 3.05) is 26.9 Å². The second-order valence-electron chi connectivity index (χ2n) is 2.13. The highest BCUT2D eigenvalue weighted by molar-refractivity contribution is 5.66. The molecule has 0 saturated carbocycles. The number of hydrogen-bond donors (Lipinski definition) is 1. The molecule has 0 unspecified atom stereocenters. The van der Waals surface area contributed by atoms with Crippen LogP contribution < -0.4 is 5.32 Å². The smallest absolute Gasteiger partial charge is 0.407 e. The van der Waals surface area contributed by atoms with Gasteiger partial charge in [-0.05, 0) is 13.1 Å². The lowest BCUT2D eigenvalue weighted by Gasteiger charge is -2.17. The van der Waals surface area contributed by atoms with Gasteiger partial charge in [0.15, 0.2) is 0 Å². The number of amides is 1. The monoisotopic (exact) mass is 160 g/mol. The quantitative estimate of drug-likeness (QED) is 0.614. The van der Waals surface area contributed by atoms with E-state index in [-0.39, 0.29) is 6.09 Å². The predicted molar refractivity (Wildman–Crippen MR) is 43.3 cm³/mol. The molecule has 0 aromatic rings. The van der Waals surface area contributed by atoms with E-state index in [4.69, 9.17) is 0 Å². The van der Waals surface area contributed by atoms with Gasteiger partial charge in [0.05, 0.1) is 13.8 Å². The first-order valence-corrected chi connectivity index (χ1v) is 3.78. The Labute approximate surface area is 67.5 Å². The van der Waals surface area contributed by atoms with E-state index in [1.807, 2.05) is 13.8 Å². The SMILES string of the molecule is CCN(CC)CNC(=O)OC. The average molecular weight is 160 g/mol. The second-order valence-corrected chi connectivity index (χ2v) is 2.13. The Morgan fingerprint density at radius 1 is 1.45 bits per heavy atom. The minimum absolute atomic E-state index is 0.378. The Hall–Kier alpha value is -0.770. The summed E-state index contributed by atoms with van der Waals surface area (Å²) in [6.45, 7) is 6.51. The lowest BCUT2D eigenvalue weighted by Crippen LogP contribution is -2.37. The number of nitrogens with one attached hydrogen (secondary N) is 1. The highest BCUT2D eigenvalue weighted by atomic mass is 16.5. The molecule has 0 aliphatic carbocycles. The summed E-state index contributed by atoms with van der Waals surface area (Å²) in [5.41, 5.74) is 0. The minimum Gasteiger partial charge on any atom is -0.453 e. The summed E-state index contributed by atoms with van der Waals surface area (Å²) in [5.74, 6) is 0. The third kappa shape index (κ3) is 4.61. The van der Waals surface area contributed by atoms with Gasteiger partial charge in [0, 0.05) is 0 Å². The van der Waals surface area contributed by atoms with Crippen LogP contribution in [0.1, 0.15) is 13.8 Å². The van der Waals surface area contributed by atoms with Crippen LogP contribution in [0.5, 0.6) is 0 Å². The predicted octanol–water partition coefficient (Wildman–Crippen LogP) is 0.642. The zero-order chi connectivity index (χ0) is 8.69. The van der Waals surface area contributed by atoms with Crippen molar-refractivity contribution >= 4 is 6.09 Å². The molecule has 0 aliphatic rings. The van der Waals surface area contributed by atoms with Gasteiger partial charge < -0.3 is 10.1 Å². The minimum atomic E-state index is -0.378. The normalized spacial score (nSPS) is 9.82. The molecule has 0 saturated heterocycles. The first-order chi connectivity index (χ1) is 5.24. The average Bonchev–Trinajstić information content (AvgIpc) is 2.06. The standard InChI is InChI=1S/C7H16N2O2/c1-4-9(5-2)6-8-7(10)11-3/h4-6H2,1-3H3,(H,8,10). The van der Waals surface area contributed by atoms with E-state index in [0.717, 1.165) is 13.1 Å². The molecule has 0 bridgehead atoms. The maximum Gasteiger partial charge on any atom is 0.407 e. The maximum absolute atomic E-state index is 10.6. The van der Waals surface area contributed by atoms with Crippen molar-refractivity contribution in [1.82, 2.24) is 10.2 Å². The number of hydrogen-bond acceptors (Lipinski definition) is 3. The van der Waals surface area contributed by atoms with Gasteiger partial charge in [0.1, 0.15) is 0 Å². The van der Waals surface area contributed by atoms with Crippen molar-refractivity contribution in [2.24, 2.45) is 0 Å². The van der Waals surface area contributed by atoms with E-state index >= 15 is 0 Å². The van der Waals surface area contributed by atoms with E-state index in [0.29, 0.717) is 6.67 Å². The van der Waals surface area contributed by atoms with Crippen LogP contribution in [0.2, 0.25) is 0 Å². The Balaban J connectivity index is 3.42. The van der Waals surface area contributed by atoms with Gasteiger partial charge in [0.2, 0.25) is 0 Å². The maximum atomic E-state index is 10.6. The van der Waals surface area contributed by atoms with Crippen molar-refractivity contribution in [3.8, 4) is 0 Å². The van der Waals surface area contributed by atoms with Gasteiger partial charge in [0.25, 0.3) is 0 Å². The van der Waals surface area contributed by atoms with Crippen LogP contribution in [0.4, 0.5) is 4.79 Å². The van der Waals surface area contributed by atoms with Gasteiger partial charge in [-0.25, -0.2) is 4.79 Å². The molecule has 1 amide bonds. The van der Waals surface area contributed by atoms with Crippen LogP contribution >= 0.6 is 0 Å². The largest absolute Gasteiger partial charge is 0.453 e. The Bertz CT molecular complexity index is 113. The molecule has 0 spiro atoms. The molecule has 0 rings (SSSR count). The van der Waals surface area contributed by atoms with Gasteiger partial charge >= 0.3 is 6.09 Å². The molecule has 0 aliphatic heterocycles. The Kier molecular flexibility index (Phi) is 5.56. The Morgan fingerprint density at radius 3 is 2.36 bits per heavy atom. The zero-order valence-electron chi connectivity index (χ0n) is 7.39. The molecule has 4 nitrogen and oxygen atoms in total. The van der Waals surface area contributed by atoms with E-state index in [2.05, 4.69) is 15.0 Å². The highest BCUT2D eigenvalue weighted by Gasteiger charge is 2.00. The summed E-state index contributed by atoms with van der Waals surface area (Å²) in [7, 11) is 1.36. The fraction of sp³-hybridized carbons (Fsp3) is 0.857. The van der Waals surface area contributed by atoms with Crippen molar-refractivity contribution in [1.29, 1.82) is 0 Å². The number of rotatable bonds is 4. The van der Waals surface area contributed by atoms with Crippen molar-refractivity contribution < 1.29 is 9.53 Å². The molecule has 0 radical (unpaired) electrons. The Morgan fingerprint density at radius 2 is 2.00 bits per heavy atom. The molecule has 66 valence electrons. The molecule has 0 atom stereocenters. The van der Waals surface area contributed by atoms with Crippen LogP contribution in [0.3, 0.4) is 0 Å². The third-order valence-electron chi connectivity index (χ3n) is 1.53. The van der Waals surface area contributed by atoms with Crippen molar-refractivity contribution in [3.05, 3.63) is 0 Å². The summed E-state index contributed by atoms with van der Waals surface area (Å²) in [6, 6.07) is 0. The van der Waals surface area contributed by atoms with Crippen molar-refractivity contribution in [2.45, 2.75) is 13.8 Å². The molecule has 0 aromatic carbocycles. The van der Waals surface area contributed by atoms with E-state index in [1.165, 1.54) is 7.11 Å². The van der Waals surface area contributed by atoms with Crippen LogP contribution in [0.25, 0.3) is 0 Å². The second kappa shape index (κ2) is 5.97. The first-order valence-electron chi connectivity index (χ1n) is 3.78. The summed E-state index contributed by atoms with van der Waals surface area (Å²) in [4.78, 5) is 12.7. The first kappa shape index (κ1) is 10.2. The number of carbonyl (C=O) groups excluding carboxylic acids is 1. The lowest BCUT2D eigenvalue weighted by molar-refractivity contribution is 0.161. The van der Waals surface area contributed by atoms with E-state index < -0.39 is 0 Å². The summed E-state index contributed by atoms with van der Waals surface area (Å²) < 4.78 is 4.41. The zero-order valence-corrected chi connectivity index (χ0v) is 7.39. The van der Waals surface area contributed by atoms with Gasteiger partial charge in [-0.3, -0.25) is 4.90 Å². The fourth-order valence-electron chi connectivity index (χ4n) is 0.696. The van der Waals surface area contributed by atoms with Gasteiger partial charge in [-0.1, -0.05) is 13.8 Å². The summed E-state index contributed by atoms with van der Waals surface area (Å²) in [6.07, 6.45) is -0.378.